The van der Waals surface area contributed by atoms with E-state index in [0.29, 0.717) is 34.4 Å². The van der Waals surface area contributed by atoms with Crippen LogP contribution in [0.3, 0.4) is 0 Å². The van der Waals surface area contributed by atoms with E-state index >= 15 is 4.39 Å². The summed E-state index contributed by atoms with van der Waals surface area (Å²) < 4.78 is 16.8. The summed E-state index contributed by atoms with van der Waals surface area (Å²) in [5, 5.41) is 8.55. The van der Waals surface area contributed by atoms with Crippen molar-refractivity contribution in [1.29, 1.82) is 5.41 Å². The monoisotopic (exact) mass is 677 g/mol. The Morgan fingerprint density at radius 3 is 2.68 bits per heavy atom. The van der Waals surface area contributed by atoms with Crippen molar-refractivity contribution in [1.82, 2.24) is 19.4 Å². The summed E-state index contributed by atoms with van der Waals surface area (Å²) in [5.41, 5.74) is 15.3. The number of nitrogens with zero attached hydrogens (tertiary/aromatic N) is 3. The number of H-pyrrole nitrogens is 1. The molecule has 1 aliphatic heterocycles. The Bertz CT molecular complexity index is 1770. The summed E-state index contributed by atoms with van der Waals surface area (Å²) in [6.45, 7) is 3.06. The fourth-order valence-electron chi connectivity index (χ4n) is 6.98. The van der Waals surface area contributed by atoms with Crippen molar-refractivity contribution in [3.8, 4) is 16.9 Å². The molecule has 3 atom stereocenters. The summed E-state index contributed by atoms with van der Waals surface area (Å²) in [6, 6.07) is 14.5. The highest BCUT2D eigenvalue weighted by Gasteiger charge is 2.33. The number of nitrogens with two attached hydrogens (primary N) is 2. The van der Waals surface area contributed by atoms with E-state index in [1.165, 1.54) is 49.4 Å². The van der Waals surface area contributed by atoms with Gasteiger partial charge in [0, 0.05) is 41.0 Å². The second-order valence-corrected chi connectivity index (χ2v) is 14.9. The number of fused-ring (bicyclic) bond motifs is 1. The van der Waals surface area contributed by atoms with Gasteiger partial charge in [-0.15, -0.1) is 0 Å². The first-order valence-corrected chi connectivity index (χ1v) is 18.2. The first-order valence-electron chi connectivity index (χ1n) is 16.9. The third kappa shape index (κ3) is 8.28. The third-order valence-corrected chi connectivity index (χ3v) is 10.7. The molecule has 6 N–H and O–H groups in total. The van der Waals surface area contributed by atoms with Gasteiger partial charge in [-0.05, 0) is 112 Å². The zero-order chi connectivity index (χ0) is 33.1. The highest BCUT2D eigenvalue weighted by molar-refractivity contribution is 8.13. The number of hydrogen-bond donors (Lipinski definition) is 4. The van der Waals surface area contributed by atoms with Crippen LogP contribution in [0, 0.1) is 17.1 Å². The van der Waals surface area contributed by atoms with Gasteiger partial charge in [0.1, 0.15) is 5.65 Å². The van der Waals surface area contributed by atoms with Gasteiger partial charge in [-0.25, -0.2) is 9.18 Å². The molecule has 47 heavy (non-hydrogen) atoms. The summed E-state index contributed by atoms with van der Waals surface area (Å²) in [5.74, 6) is 1.22. The van der Waals surface area contributed by atoms with E-state index in [1.807, 2.05) is 31.2 Å². The Labute approximate surface area is 285 Å². The molecule has 1 saturated carbocycles. The number of thioether (sulfide) groups is 1. The summed E-state index contributed by atoms with van der Waals surface area (Å²) >= 11 is 7.73. The van der Waals surface area contributed by atoms with Gasteiger partial charge >= 0.3 is 5.69 Å². The van der Waals surface area contributed by atoms with Gasteiger partial charge < -0.3 is 16.5 Å². The molecule has 11 heteroatoms. The van der Waals surface area contributed by atoms with Crippen LogP contribution in [0.5, 0.6) is 0 Å². The molecule has 1 unspecified atom stereocenters. The Hall–Kier alpha value is -3.18. The lowest BCUT2D eigenvalue weighted by atomic mass is 9.89. The van der Waals surface area contributed by atoms with Gasteiger partial charge in [-0.1, -0.05) is 48.3 Å². The summed E-state index contributed by atoms with van der Waals surface area (Å²) in [4.78, 5) is 23.3. The minimum Gasteiger partial charge on any atom is -0.379 e. The zero-order valence-corrected chi connectivity index (χ0v) is 28.6. The smallest absolute Gasteiger partial charge is 0.354 e. The van der Waals surface area contributed by atoms with Crippen molar-refractivity contribution in [3.63, 3.8) is 0 Å². The number of likely N-dealkylation sites (tertiary alicyclic amines) is 1. The molecule has 0 spiro atoms. The van der Waals surface area contributed by atoms with Crippen LogP contribution in [0.2, 0.25) is 5.02 Å². The molecule has 2 aromatic carbocycles. The van der Waals surface area contributed by atoms with Gasteiger partial charge in [0.05, 0.1) is 16.4 Å². The Morgan fingerprint density at radius 2 is 1.96 bits per heavy atom. The van der Waals surface area contributed by atoms with E-state index in [9.17, 15) is 4.79 Å². The number of aromatic nitrogens is 3. The van der Waals surface area contributed by atoms with E-state index in [0.717, 1.165) is 61.6 Å². The maximum absolute atomic E-state index is 15.2. The molecule has 1 aliphatic carbocycles. The maximum atomic E-state index is 15.2. The maximum Gasteiger partial charge on any atom is 0.354 e. The van der Waals surface area contributed by atoms with E-state index in [2.05, 4.69) is 27.0 Å². The van der Waals surface area contributed by atoms with Crippen molar-refractivity contribution in [2.24, 2.45) is 17.4 Å². The summed E-state index contributed by atoms with van der Waals surface area (Å²) in [6.07, 6.45) is 12.6. The second kappa shape index (κ2) is 14.9. The van der Waals surface area contributed by atoms with Crippen LogP contribution >= 0.6 is 23.4 Å². The number of hydrogen-bond acceptors (Lipinski definition) is 6. The zero-order valence-electron chi connectivity index (χ0n) is 27.0. The topological polar surface area (TPSA) is 130 Å². The standard InChI is InChI=1S/C36H45ClFN7OS/c1-22(39)4-2-5-24-18-29(33(38)30(37)19-24)31-20-26-21-45(36(46)43-34(26)42-31)28-12-10-25(11-13-28)32-7-3-6-27(15-17-47-35(40)41)44(32)16-14-23-8-9-23/h10-13,18-23,27,32H,2-9,14-17,39H2,1H3,(H3,40,41)(H,42,43,46)/t22-,27-,32?/m0/s1. The first kappa shape index (κ1) is 33.7. The summed E-state index contributed by atoms with van der Waals surface area (Å²) in [7, 11) is 0. The molecule has 2 aliphatic rings. The molecular formula is C36H45ClFN7OS. The van der Waals surface area contributed by atoms with E-state index < -0.39 is 11.5 Å². The van der Waals surface area contributed by atoms with Crippen molar-refractivity contribution >= 4 is 39.6 Å². The molecule has 3 heterocycles. The van der Waals surface area contributed by atoms with E-state index in [4.69, 9.17) is 28.5 Å². The van der Waals surface area contributed by atoms with Gasteiger partial charge in [0.25, 0.3) is 0 Å². The Balaban J connectivity index is 1.23. The number of aromatic amines is 1. The molecule has 6 rings (SSSR count). The molecule has 1 saturated heterocycles. The van der Waals surface area contributed by atoms with Gasteiger partial charge in [-0.2, -0.15) is 4.98 Å². The molecule has 0 amide bonds. The van der Waals surface area contributed by atoms with Crippen molar-refractivity contribution in [2.75, 3.05) is 12.3 Å². The Morgan fingerprint density at radius 1 is 1.17 bits per heavy atom. The fourth-order valence-corrected chi connectivity index (χ4v) is 7.83. The molecule has 2 fully saturated rings. The highest BCUT2D eigenvalue weighted by atomic mass is 35.5. The quantitative estimate of drug-likeness (QED) is 0.0854. The molecule has 250 valence electrons. The van der Waals surface area contributed by atoms with Crippen LogP contribution in [-0.4, -0.2) is 49.0 Å². The predicted molar refractivity (Wildman–Crippen MR) is 192 cm³/mol. The number of halogens is 2. The number of aryl methyl sites for hydroxylation is 1. The van der Waals surface area contributed by atoms with Crippen LogP contribution < -0.4 is 17.2 Å². The molecule has 0 bridgehead atoms. The average molecular weight is 678 g/mol. The van der Waals surface area contributed by atoms with Crippen molar-refractivity contribution in [3.05, 3.63) is 81.1 Å². The highest BCUT2D eigenvalue weighted by Crippen LogP contribution is 2.39. The molecule has 4 aromatic rings. The lowest BCUT2D eigenvalue weighted by molar-refractivity contribution is 0.0774. The van der Waals surface area contributed by atoms with Crippen LogP contribution in [0.15, 0.2) is 53.5 Å². The number of rotatable bonds is 13. The predicted octanol–water partition coefficient (Wildman–Crippen LogP) is 7.56. The van der Waals surface area contributed by atoms with Crippen LogP contribution in [0.4, 0.5) is 4.39 Å². The van der Waals surface area contributed by atoms with E-state index in [1.54, 1.807) is 16.8 Å². The lowest BCUT2D eigenvalue weighted by Gasteiger charge is -2.43. The molecule has 0 radical (unpaired) electrons. The van der Waals surface area contributed by atoms with Crippen molar-refractivity contribution < 1.29 is 4.39 Å². The largest absolute Gasteiger partial charge is 0.379 e. The minimum absolute atomic E-state index is 0.0647. The lowest BCUT2D eigenvalue weighted by Crippen LogP contribution is -2.43. The normalized spacial score (nSPS) is 19.3. The van der Waals surface area contributed by atoms with E-state index in [-0.39, 0.29) is 16.2 Å². The SMILES string of the molecule is C[C@H](N)CCCc1cc(Cl)c(F)c(-c2cc3cn(-c4ccc(C5CCC[C@@H](CCSC(=N)N)N5CCC5CC5)cc4)c(=O)nc3[nH]2)c1. The third-order valence-electron chi connectivity index (χ3n) is 9.65. The molecule has 2 aromatic heterocycles. The fraction of sp³-hybridized carbons (Fsp3) is 0.472. The van der Waals surface area contributed by atoms with Crippen LogP contribution in [-0.2, 0) is 6.42 Å². The van der Waals surface area contributed by atoms with Crippen LogP contribution in [0.25, 0.3) is 28.0 Å². The molecular weight excluding hydrogens is 633 g/mol. The average Bonchev–Trinajstić information content (AvgIpc) is 3.78. The van der Waals surface area contributed by atoms with Gasteiger partial charge in [-0.3, -0.25) is 14.9 Å². The first-order chi connectivity index (χ1) is 22.7. The van der Waals surface area contributed by atoms with Gasteiger partial charge in [0.2, 0.25) is 0 Å². The minimum atomic E-state index is -0.506. The second-order valence-electron chi connectivity index (χ2n) is 13.4. The van der Waals surface area contributed by atoms with Crippen molar-refractivity contribution in [2.45, 2.75) is 89.3 Å². The number of piperidine rings is 1. The number of nitrogens with one attached hydrogen (secondary N) is 2. The van der Waals surface area contributed by atoms with Crippen LogP contribution in [0.1, 0.15) is 81.9 Å². The Kier molecular flexibility index (Phi) is 10.7. The van der Waals surface area contributed by atoms with Gasteiger partial charge in [0.15, 0.2) is 11.0 Å². The molecule has 8 nitrogen and oxygen atoms in total. The number of benzene rings is 2. The number of amidine groups is 1.